The second-order valence-corrected chi connectivity index (χ2v) is 2.87. The first kappa shape index (κ1) is 5.93. The first-order valence-electron chi connectivity index (χ1n) is 3.66. The smallest absolute Gasteiger partial charge is 0.0447 e. The standard InChI is InChI=1S/C9H11N/c1-7-2-4-8(5-3-7)9-6-10-9/h2-5,9-10H,6H2,1H3. The van der Waals surface area contributed by atoms with Crippen molar-refractivity contribution in [2.24, 2.45) is 0 Å². The Hall–Kier alpha value is -0.820. The van der Waals surface area contributed by atoms with Gasteiger partial charge in [0.1, 0.15) is 0 Å². The molecule has 0 bridgehead atoms. The molecule has 1 nitrogen and oxygen atoms in total. The van der Waals surface area contributed by atoms with E-state index in [1.54, 1.807) is 0 Å². The zero-order valence-corrected chi connectivity index (χ0v) is 6.09. The van der Waals surface area contributed by atoms with E-state index >= 15 is 0 Å². The maximum Gasteiger partial charge on any atom is 0.0447 e. The van der Waals surface area contributed by atoms with Crippen molar-refractivity contribution in [3.63, 3.8) is 0 Å². The highest BCUT2D eigenvalue weighted by atomic mass is 15.1. The van der Waals surface area contributed by atoms with Gasteiger partial charge in [-0.05, 0) is 12.5 Å². The lowest BCUT2D eigenvalue weighted by Gasteiger charge is -1.95. The SMILES string of the molecule is Cc1ccc(C2CN2)cc1. The maximum atomic E-state index is 3.27. The monoisotopic (exact) mass is 133 g/mol. The van der Waals surface area contributed by atoms with Crippen molar-refractivity contribution in [1.82, 2.24) is 5.32 Å². The number of aryl methyl sites for hydroxylation is 1. The van der Waals surface area contributed by atoms with Gasteiger partial charge in [0.25, 0.3) is 0 Å². The Bertz CT molecular complexity index is 221. The van der Waals surface area contributed by atoms with E-state index in [0.29, 0.717) is 6.04 Å². The molecule has 0 amide bonds. The molecule has 2 rings (SSSR count). The Kier molecular flexibility index (Phi) is 1.24. The van der Waals surface area contributed by atoms with Crippen LogP contribution in [0.15, 0.2) is 24.3 Å². The molecule has 0 aliphatic carbocycles. The molecule has 0 aromatic heterocycles. The van der Waals surface area contributed by atoms with E-state index in [4.69, 9.17) is 0 Å². The molecule has 1 fully saturated rings. The third-order valence-electron chi connectivity index (χ3n) is 1.89. The molecule has 1 N–H and O–H groups in total. The number of benzene rings is 1. The first-order valence-corrected chi connectivity index (χ1v) is 3.66. The number of hydrogen-bond acceptors (Lipinski definition) is 1. The van der Waals surface area contributed by atoms with Gasteiger partial charge in [-0.2, -0.15) is 0 Å². The van der Waals surface area contributed by atoms with Crippen molar-refractivity contribution < 1.29 is 0 Å². The lowest BCUT2D eigenvalue weighted by atomic mass is 10.1. The fourth-order valence-electron chi connectivity index (χ4n) is 1.09. The van der Waals surface area contributed by atoms with Gasteiger partial charge in [-0.3, -0.25) is 0 Å². The molecule has 0 spiro atoms. The van der Waals surface area contributed by atoms with Crippen LogP contribution in [0.4, 0.5) is 0 Å². The predicted molar refractivity (Wildman–Crippen MR) is 41.9 cm³/mol. The van der Waals surface area contributed by atoms with E-state index in [0.717, 1.165) is 6.54 Å². The average molecular weight is 133 g/mol. The number of nitrogens with one attached hydrogen (secondary N) is 1. The maximum absolute atomic E-state index is 3.27. The van der Waals surface area contributed by atoms with Crippen molar-refractivity contribution in [2.45, 2.75) is 13.0 Å². The summed E-state index contributed by atoms with van der Waals surface area (Å²) in [7, 11) is 0. The molecule has 1 aliphatic heterocycles. The van der Waals surface area contributed by atoms with Gasteiger partial charge in [0.15, 0.2) is 0 Å². The minimum absolute atomic E-state index is 0.653. The van der Waals surface area contributed by atoms with Crippen molar-refractivity contribution in [3.8, 4) is 0 Å². The van der Waals surface area contributed by atoms with Crippen LogP contribution in [0.1, 0.15) is 17.2 Å². The second-order valence-electron chi connectivity index (χ2n) is 2.87. The zero-order valence-electron chi connectivity index (χ0n) is 6.09. The van der Waals surface area contributed by atoms with Crippen LogP contribution in [-0.2, 0) is 0 Å². The lowest BCUT2D eigenvalue weighted by Crippen LogP contribution is -1.82. The van der Waals surface area contributed by atoms with Gasteiger partial charge >= 0.3 is 0 Å². The molecule has 1 unspecified atom stereocenters. The molecule has 1 atom stereocenters. The van der Waals surface area contributed by atoms with E-state index in [-0.39, 0.29) is 0 Å². The van der Waals surface area contributed by atoms with Crippen LogP contribution in [-0.4, -0.2) is 6.54 Å². The molecular formula is C9H11N. The molecule has 1 aromatic carbocycles. The van der Waals surface area contributed by atoms with Gasteiger partial charge < -0.3 is 5.32 Å². The predicted octanol–water partition coefficient (Wildman–Crippen LogP) is 1.64. The van der Waals surface area contributed by atoms with Crippen molar-refractivity contribution in [1.29, 1.82) is 0 Å². The Labute approximate surface area is 61.1 Å². The van der Waals surface area contributed by atoms with Crippen LogP contribution < -0.4 is 5.32 Å². The van der Waals surface area contributed by atoms with Crippen LogP contribution in [0.25, 0.3) is 0 Å². The van der Waals surface area contributed by atoms with Gasteiger partial charge in [-0.15, -0.1) is 0 Å². The van der Waals surface area contributed by atoms with E-state index in [1.807, 2.05) is 0 Å². The second kappa shape index (κ2) is 2.10. The third kappa shape index (κ3) is 1.05. The summed E-state index contributed by atoms with van der Waals surface area (Å²) in [6.45, 7) is 3.27. The molecular weight excluding hydrogens is 122 g/mol. The minimum Gasteiger partial charge on any atom is -0.307 e. The molecule has 1 heteroatoms. The zero-order chi connectivity index (χ0) is 6.97. The molecule has 1 saturated heterocycles. The van der Waals surface area contributed by atoms with E-state index in [1.165, 1.54) is 11.1 Å². The van der Waals surface area contributed by atoms with Crippen LogP contribution >= 0.6 is 0 Å². The Morgan fingerprint density at radius 3 is 2.40 bits per heavy atom. The number of rotatable bonds is 1. The van der Waals surface area contributed by atoms with Gasteiger partial charge in [0, 0.05) is 12.6 Å². The average Bonchev–Trinajstić information content (AvgIpc) is 2.71. The Morgan fingerprint density at radius 1 is 1.30 bits per heavy atom. The molecule has 1 aliphatic rings. The highest BCUT2D eigenvalue weighted by Crippen LogP contribution is 2.20. The molecule has 0 radical (unpaired) electrons. The highest BCUT2D eigenvalue weighted by molar-refractivity contribution is 5.26. The lowest BCUT2D eigenvalue weighted by molar-refractivity contribution is 1.08. The highest BCUT2D eigenvalue weighted by Gasteiger charge is 2.21. The van der Waals surface area contributed by atoms with Gasteiger partial charge in [0.05, 0.1) is 0 Å². The molecule has 52 valence electrons. The van der Waals surface area contributed by atoms with Gasteiger partial charge in [-0.25, -0.2) is 0 Å². The van der Waals surface area contributed by atoms with Crippen LogP contribution in [0.3, 0.4) is 0 Å². The summed E-state index contributed by atoms with van der Waals surface area (Å²) >= 11 is 0. The normalized spacial score (nSPS) is 22.7. The summed E-state index contributed by atoms with van der Waals surface area (Å²) in [5.74, 6) is 0. The summed E-state index contributed by atoms with van der Waals surface area (Å²) in [4.78, 5) is 0. The molecule has 10 heavy (non-hydrogen) atoms. The van der Waals surface area contributed by atoms with Gasteiger partial charge in [0.2, 0.25) is 0 Å². The minimum atomic E-state index is 0.653. The Morgan fingerprint density at radius 2 is 1.90 bits per heavy atom. The topological polar surface area (TPSA) is 21.9 Å². The van der Waals surface area contributed by atoms with Gasteiger partial charge in [-0.1, -0.05) is 29.8 Å². The van der Waals surface area contributed by atoms with Crippen molar-refractivity contribution >= 4 is 0 Å². The fourth-order valence-corrected chi connectivity index (χ4v) is 1.09. The first-order chi connectivity index (χ1) is 4.86. The van der Waals surface area contributed by atoms with E-state index in [2.05, 4.69) is 36.5 Å². The van der Waals surface area contributed by atoms with Crippen LogP contribution in [0.5, 0.6) is 0 Å². The third-order valence-corrected chi connectivity index (χ3v) is 1.89. The van der Waals surface area contributed by atoms with Crippen molar-refractivity contribution in [3.05, 3.63) is 35.4 Å². The van der Waals surface area contributed by atoms with Crippen LogP contribution in [0, 0.1) is 6.92 Å². The van der Waals surface area contributed by atoms with E-state index < -0.39 is 0 Å². The molecule has 1 heterocycles. The summed E-state index contributed by atoms with van der Waals surface area (Å²) in [5.41, 5.74) is 2.76. The molecule has 0 saturated carbocycles. The largest absolute Gasteiger partial charge is 0.307 e. The summed E-state index contributed by atoms with van der Waals surface area (Å²) in [6, 6.07) is 9.37. The summed E-state index contributed by atoms with van der Waals surface area (Å²) in [5, 5.41) is 3.27. The molecule has 1 aromatic rings. The van der Waals surface area contributed by atoms with Crippen molar-refractivity contribution in [2.75, 3.05) is 6.54 Å². The quantitative estimate of drug-likeness (QED) is 0.578. The summed E-state index contributed by atoms with van der Waals surface area (Å²) in [6.07, 6.45) is 0. The Balaban J connectivity index is 2.28. The van der Waals surface area contributed by atoms with E-state index in [9.17, 15) is 0 Å². The fraction of sp³-hybridized carbons (Fsp3) is 0.333. The van der Waals surface area contributed by atoms with Crippen LogP contribution in [0.2, 0.25) is 0 Å². The summed E-state index contributed by atoms with van der Waals surface area (Å²) < 4.78 is 0. The number of hydrogen-bond donors (Lipinski definition) is 1.